The molecule has 0 saturated heterocycles. The Morgan fingerprint density at radius 3 is 2.82 bits per heavy atom. The van der Waals surface area contributed by atoms with Crippen molar-refractivity contribution in [2.45, 2.75) is 19.9 Å². The quantitative estimate of drug-likeness (QED) is 0.738. The Bertz CT molecular complexity index is 235. The fourth-order valence-electron chi connectivity index (χ4n) is 0.779. The van der Waals surface area contributed by atoms with Crippen LogP contribution >= 0.6 is 11.6 Å². The summed E-state index contributed by atoms with van der Waals surface area (Å²) in [7, 11) is 0. The molecule has 2 nitrogen and oxygen atoms in total. The lowest BCUT2D eigenvalue weighted by Gasteiger charge is -2.07. The first kappa shape index (κ1) is 8.34. The van der Waals surface area contributed by atoms with Gasteiger partial charge < -0.3 is 5.32 Å². The van der Waals surface area contributed by atoms with Crippen LogP contribution in [0.1, 0.15) is 13.8 Å². The first-order valence-corrected chi connectivity index (χ1v) is 3.94. The van der Waals surface area contributed by atoms with E-state index in [0.29, 0.717) is 11.1 Å². The molecule has 0 bridgehead atoms. The van der Waals surface area contributed by atoms with Crippen LogP contribution < -0.4 is 5.32 Å². The highest BCUT2D eigenvalue weighted by Crippen LogP contribution is 2.12. The summed E-state index contributed by atoms with van der Waals surface area (Å²) in [4.78, 5) is 4.08. The topological polar surface area (TPSA) is 24.9 Å². The number of anilines is 1. The molecule has 0 spiro atoms. The second kappa shape index (κ2) is 3.58. The highest BCUT2D eigenvalue weighted by molar-refractivity contribution is 6.30. The van der Waals surface area contributed by atoms with Gasteiger partial charge in [-0.25, -0.2) is 4.98 Å². The number of nitrogens with one attached hydrogen (secondary N) is 1. The molecular formula is C8H11ClN2. The molecule has 0 saturated carbocycles. The minimum absolute atomic E-state index is 0.390. The van der Waals surface area contributed by atoms with E-state index in [4.69, 9.17) is 11.6 Å². The number of hydrogen-bond acceptors (Lipinski definition) is 2. The van der Waals surface area contributed by atoms with Gasteiger partial charge in [-0.15, -0.1) is 0 Å². The number of rotatable bonds is 2. The van der Waals surface area contributed by atoms with Gasteiger partial charge in [0, 0.05) is 17.3 Å². The molecule has 0 radical (unpaired) electrons. The average molecular weight is 171 g/mol. The maximum Gasteiger partial charge on any atom is 0.127 e. The monoisotopic (exact) mass is 170 g/mol. The van der Waals surface area contributed by atoms with Crippen LogP contribution in [-0.2, 0) is 0 Å². The van der Waals surface area contributed by atoms with Crippen molar-refractivity contribution < 1.29 is 0 Å². The van der Waals surface area contributed by atoms with Crippen LogP contribution in [-0.4, -0.2) is 11.0 Å². The summed E-state index contributed by atoms with van der Waals surface area (Å²) >= 11 is 5.75. The van der Waals surface area contributed by atoms with Gasteiger partial charge in [-0.1, -0.05) is 11.6 Å². The van der Waals surface area contributed by atoms with Crippen molar-refractivity contribution in [1.82, 2.24) is 4.98 Å². The summed E-state index contributed by atoms with van der Waals surface area (Å²) in [5.74, 6) is 0.826. The molecule has 1 aromatic heterocycles. The largest absolute Gasteiger partial charge is 0.368 e. The zero-order chi connectivity index (χ0) is 8.27. The molecular weight excluding hydrogens is 160 g/mol. The maximum atomic E-state index is 5.75. The molecule has 11 heavy (non-hydrogen) atoms. The Balaban J connectivity index is 2.71. The predicted octanol–water partition coefficient (Wildman–Crippen LogP) is 2.56. The van der Waals surface area contributed by atoms with Crippen molar-refractivity contribution in [2.75, 3.05) is 5.32 Å². The molecule has 0 aliphatic heterocycles. The van der Waals surface area contributed by atoms with E-state index in [2.05, 4.69) is 24.1 Å². The van der Waals surface area contributed by atoms with E-state index in [1.54, 1.807) is 12.3 Å². The molecule has 0 amide bonds. The van der Waals surface area contributed by atoms with Crippen molar-refractivity contribution in [3.05, 3.63) is 23.4 Å². The minimum Gasteiger partial charge on any atom is -0.368 e. The van der Waals surface area contributed by atoms with E-state index in [1.807, 2.05) is 6.07 Å². The second-order valence-corrected chi connectivity index (χ2v) is 3.09. The normalized spacial score (nSPS) is 10.2. The van der Waals surface area contributed by atoms with Crippen LogP contribution in [0.4, 0.5) is 5.82 Å². The van der Waals surface area contributed by atoms with Gasteiger partial charge in [0.1, 0.15) is 5.82 Å². The molecule has 0 atom stereocenters. The Morgan fingerprint density at radius 2 is 2.27 bits per heavy atom. The summed E-state index contributed by atoms with van der Waals surface area (Å²) in [5.41, 5.74) is 0. The third-order valence-electron chi connectivity index (χ3n) is 1.16. The molecule has 0 unspecified atom stereocenters. The Morgan fingerprint density at radius 1 is 1.55 bits per heavy atom. The van der Waals surface area contributed by atoms with Crippen LogP contribution in [0.15, 0.2) is 18.3 Å². The smallest absolute Gasteiger partial charge is 0.127 e. The van der Waals surface area contributed by atoms with Gasteiger partial charge in [0.25, 0.3) is 0 Å². The molecule has 1 aromatic rings. The molecule has 60 valence electrons. The van der Waals surface area contributed by atoms with E-state index in [1.165, 1.54) is 0 Å². The number of halogens is 1. The Labute approximate surface area is 71.6 Å². The molecule has 0 aromatic carbocycles. The van der Waals surface area contributed by atoms with E-state index in [9.17, 15) is 0 Å². The summed E-state index contributed by atoms with van der Waals surface area (Å²) < 4.78 is 0. The van der Waals surface area contributed by atoms with Gasteiger partial charge in [0.2, 0.25) is 0 Å². The number of hydrogen-bond donors (Lipinski definition) is 1. The Kier molecular flexibility index (Phi) is 2.71. The summed E-state index contributed by atoms with van der Waals surface area (Å²) in [5, 5.41) is 3.86. The lowest BCUT2D eigenvalue weighted by atomic mass is 10.4. The van der Waals surface area contributed by atoms with Crippen molar-refractivity contribution in [3.63, 3.8) is 0 Å². The van der Waals surface area contributed by atoms with Gasteiger partial charge in [-0.05, 0) is 26.0 Å². The van der Waals surface area contributed by atoms with Crippen molar-refractivity contribution >= 4 is 17.4 Å². The van der Waals surface area contributed by atoms with E-state index in [0.717, 1.165) is 5.82 Å². The first-order valence-electron chi connectivity index (χ1n) is 3.56. The molecule has 1 rings (SSSR count). The van der Waals surface area contributed by atoms with E-state index in [-0.39, 0.29) is 0 Å². The molecule has 0 fully saturated rings. The van der Waals surface area contributed by atoms with Crippen LogP contribution in [0.3, 0.4) is 0 Å². The van der Waals surface area contributed by atoms with E-state index >= 15 is 0 Å². The highest BCUT2D eigenvalue weighted by Gasteiger charge is 1.95. The molecule has 1 N–H and O–H groups in total. The predicted molar refractivity (Wildman–Crippen MR) is 48.0 cm³/mol. The van der Waals surface area contributed by atoms with Crippen LogP contribution in [0.25, 0.3) is 0 Å². The van der Waals surface area contributed by atoms with Crippen LogP contribution in [0.5, 0.6) is 0 Å². The van der Waals surface area contributed by atoms with Gasteiger partial charge in [-0.3, -0.25) is 0 Å². The maximum absolute atomic E-state index is 5.75. The van der Waals surface area contributed by atoms with Gasteiger partial charge in [0.05, 0.1) is 0 Å². The molecule has 0 aliphatic carbocycles. The SMILES string of the molecule is CC(C)Nc1cc(Cl)ccn1. The van der Waals surface area contributed by atoms with Crippen molar-refractivity contribution in [2.24, 2.45) is 0 Å². The number of pyridine rings is 1. The molecule has 3 heteroatoms. The number of nitrogens with zero attached hydrogens (tertiary/aromatic N) is 1. The standard InChI is InChI=1S/C8H11ClN2/c1-6(2)11-8-5-7(9)3-4-10-8/h3-6H,1-2H3,(H,10,11). The number of aromatic nitrogens is 1. The molecule has 0 aliphatic rings. The summed E-state index contributed by atoms with van der Waals surface area (Å²) in [6.45, 7) is 4.12. The lowest BCUT2D eigenvalue weighted by Crippen LogP contribution is -2.10. The fourth-order valence-corrected chi connectivity index (χ4v) is 0.939. The lowest BCUT2D eigenvalue weighted by molar-refractivity contribution is 0.889. The third kappa shape index (κ3) is 2.76. The summed E-state index contributed by atoms with van der Waals surface area (Å²) in [6, 6.07) is 3.95. The zero-order valence-corrected chi connectivity index (χ0v) is 7.39. The zero-order valence-electron chi connectivity index (χ0n) is 6.63. The van der Waals surface area contributed by atoms with Crippen molar-refractivity contribution in [1.29, 1.82) is 0 Å². The third-order valence-corrected chi connectivity index (χ3v) is 1.39. The minimum atomic E-state index is 0.390. The van der Waals surface area contributed by atoms with E-state index < -0.39 is 0 Å². The Hall–Kier alpha value is -0.760. The highest BCUT2D eigenvalue weighted by atomic mass is 35.5. The van der Waals surface area contributed by atoms with Crippen LogP contribution in [0, 0.1) is 0 Å². The van der Waals surface area contributed by atoms with Gasteiger partial charge >= 0.3 is 0 Å². The molecule has 1 heterocycles. The average Bonchev–Trinajstić information content (AvgIpc) is 1.85. The van der Waals surface area contributed by atoms with Gasteiger partial charge in [-0.2, -0.15) is 0 Å². The summed E-state index contributed by atoms with van der Waals surface area (Å²) in [6.07, 6.45) is 1.69. The second-order valence-electron chi connectivity index (χ2n) is 2.66. The van der Waals surface area contributed by atoms with Crippen molar-refractivity contribution in [3.8, 4) is 0 Å². The first-order chi connectivity index (χ1) is 5.18. The van der Waals surface area contributed by atoms with Crippen LogP contribution in [0.2, 0.25) is 5.02 Å². The fraction of sp³-hybridized carbons (Fsp3) is 0.375. The van der Waals surface area contributed by atoms with Gasteiger partial charge in [0.15, 0.2) is 0 Å².